The van der Waals surface area contributed by atoms with Gasteiger partial charge in [-0.05, 0) is 43.6 Å². The minimum absolute atomic E-state index is 0.0552. The number of carbonyl (C=O) groups is 2. The quantitative estimate of drug-likeness (QED) is 0.750. The Labute approximate surface area is 170 Å². The molecule has 154 valence electrons. The maximum absolute atomic E-state index is 13.4. The number of hydrogen-bond donors (Lipinski definition) is 1. The molecule has 0 radical (unpaired) electrons. The maximum atomic E-state index is 13.4. The van der Waals surface area contributed by atoms with Gasteiger partial charge in [0.05, 0.1) is 23.9 Å². The van der Waals surface area contributed by atoms with Crippen molar-refractivity contribution >= 4 is 11.9 Å². The molecule has 3 heterocycles. The lowest BCUT2D eigenvalue weighted by Gasteiger charge is -2.33. The molecule has 29 heavy (non-hydrogen) atoms. The van der Waals surface area contributed by atoms with Crippen molar-refractivity contribution < 1.29 is 14.0 Å². The molecule has 1 saturated heterocycles. The van der Waals surface area contributed by atoms with E-state index in [-0.39, 0.29) is 17.8 Å². The van der Waals surface area contributed by atoms with Crippen molar-refractivity contribution in [2.24, 2.45) is 0 Å². The monoisotopic (exact) mass is 398 g/mol. The highest BCUT2D eigenvalue weighted by atomic mass is 19.1. The molecule has 0 spiro atoms. The van der Waals surface area contributed by atoms with Crippen LogP contribution in [0.1, 0.15) is 30.9 Å². The number of halogens is 1. The van der Waals surface area contributed by atoms with E-state index < -0.39 is 6.04 Å². The number of hydrogen-bond acceptors (Lipinski definition) is 3. The lowest BCUT2D eigenvalue weighted by Crippen LogP contribution is -2.47. The van der Waals surface area contributed by atoms with Crippen LogP contribution in [0.25, 0.3) is 0 Å². The van der Waals surface area contributed by atoms with Crippen molar-refractivity contribution in [1.29, 1.82) is 0 Å². The third-order valence-electron chi connectivity index (χ3n) is 5.95. The van der Waals surface area contributed by atoms with Gasteiger partial charge in [0.1, 0.15) is 5.82 Å². The fourth-order valence-corrected chi connectivity index (χ4v) is 4.40. The van der Waals surface area contributed by atoms with Crippen LogP contribution in [0.5, 0.6) is 0 Å². The Morgan fingerprint density at radius 2 is 1.83 bits per heavy atom. The summed E-state index contributed by atoms with van der Waals surface area (Å²) in [5.74, 6) is -0.403. The predicted octanol–water partition coefficient (Wildman–Crippen LogP) is 2.66. The van der Waals surface area contributed by atoms with Crippen LogP contribution in [0, 0.1) is 5.82 Å². The maximum Gasteiger partial charge on any atom is 0.322 e. The second kappa shape index (κ2) is 8.37. The number of amides is 3. The summed E-state index contributed by atoms with van der Waals surface area (Å²) in [5, 5.41) is 2.92. The van der Waals surface area contributed by atoms with Gasteiger partial charge in [0.25, 0.3) is 5.91 Å². The van der Waals surface area contributed by atoms with E-state index >= 15 is 0 Å². The molecule has 1 unspecified atom stereocenters. The van der Waals surface area contributed by atoms with Gasteiger partial charge in [0.2, 0.25) is 0 Å². The lowest BCUT2D eigenvalue weighted by atomic mass is 9.95. The Morgan fingerprint density at radius 3 is 2.52 bits per heavy atom. The van der Waals surface area contributed by atoms with Crippen LogP contribution in [-0.4, -0.2) is 65.9 Å². The van der Waals surface area contributed by atoms with Crippen LogP contribution in [0.2, 0.25) is 0 Å². The van der Waals surface area contributed by atoms with Crippen molar-refractivity contribution in [1.82, 2.24) is 20.0 Å². The molecule has 7 heteroatoms. The third-order valence-corrected chi connectivity index (χ3v) is 5.95. The molecule has 1 N–H and O–H groups in total. The number of piperidine rings is 1. The zero-order valence-corrected chi connectivity index (χ0v) is 16.6. The van der Waals surface area contributed by atoms with Crippen LogP contribution in [0.4, 0.5) is 9.18 Å². The number of urea groups is 1. The molecule has 1 fully saturated rings. The third kappa shape index (κ3) is 3.92. The summed E-state index contributed by atoms with van der Waals surface area (Å²) in [6.45, 7) is 8.13. The molecule has 3 aliphatic rings. The van der Waals surface area contributed by atoms with E-state index in [0.29, 0.717) is 30.8 Å². The highest BCUT2D eigenvalue weighted by Crippen LogP contribution is 2.36. The first-order valence-electron chi connectivity index (χ1n) is 10.3. The van der Waals surface area contributed by atoms with E-state index in [9.17, 15) is 14.0 Å². The minimum atomic E-state index is -0.563. The van der Waals surface area contributed by atoms with Gasteiger partial charge in [0.15, 0.2) is 0 Å². The largest absolute Gasteiger partial charge is 0.332 e. The Kier molecular flexibility index (Phi) is 5.67. The van der Waals surface area contributed by atoms with E-state index in [0.717, 1.165) is 25.3 Å². The average molecular weight is 398 g/mol. The first kappa shape index (κ1) is 19.6. The normalized spacial score (nSPS) is 22.7. The minimum Gasteiger partial charge on any atom is -0.332 e. The Balaban J connectivity index is 1.58. The van der Waals surface area contributed by atoms with E-state index in [1.165, 1.54) is 31.4 Å². The van der Waals surface area contributed by atoms with Gasteiger partial charge in [-0.25, -0.2) is 9.18 Å². The number of carbonyl (C=O) groups excluding carboxylic acids is 2. The smallest absolute Gasteiger partial charge is 0.322 e. The number of likely N-dealkylation sites (tertiary alicyclic amines) is 1. The first-order chi connectivity index (χ1) is 14.1. The second-order valence-electron chi connectivity index (χ2n) is 7.82. The molecule has 0 saturated carbocycles. The second-order valence-corrected chi connectivity index (χ2v) is 7.82. The Morgan fingerprint density at radius 1 is 1.10 bits per heavy atom. The molecule has 4 rings (SSSR count). The molecule has 6 nitrogen and oxygen atoms in total. The standard InChI is InChI=1S/C22H27FN4O2/c1-2-10-27-18-15-26(14-13-25-11-4-3-5-12-25)21(28)19(18)20(24-22(27)29)16-6-8-17(23)9-7-16/h2,6-9,20H,1,3-5,10-15H2,(H,24,29). The summed E-state index contributed by atoms with van der Waals surface area (Å²) in [4.78, 5) is 31.8. The molecule has 0 aromatic heterocycles. The number of rotatable bonds is 6. The van der Waals surface area contributed by atoms with Crippen LogP contribution >= 0.6 is 0 Å². The fourth-order valence-electron chi connectivity index (χ4n) is 4.40. The molecule has 0 aliphatic carbocycles. The number of nitrogens with zero attached hydrogens (tertiary/aromatic N) is 3. The summed E-state index contributed by atoms with van der Waals surface area (Å²) >= 11 is 0. The van der Waals surface area contributed by atoms with Gasteiger partial charge < -0.3 is 15.1 Å². The molecule has 3 aliphatic heterocycles. The molecule has 1 aromatic carbocycles. The van der Waals surface area contributed by atoms with Crippen LogP contribution in [-0.2, 0) is 4.79 Å². The molecular weight excluding hydrogens is 371 g/mol. The molecule has 3 amide bonds. The van der Waals surface area contributed by atoms with Crippen LogP contribution in [0.3, 0.4) is 0 Å². The van der Waals surface area contributed by atoms with Gasteiger partial charge >= 0.3 is 6.03 Å². The van der Waals surface area contributed by atoms with Crippen molar-refractivity contribution in [2.45, 2.75) is 25.3 Å². The molecule has 1 atom stereocenters. The van der Waals surface area contributed by atoms with E-state index in [1.807, 2.05) is 4.90 Å². The predicted molar refractivity (Wildman–Crippen MR) is 108 cm³/mol. The first-order valence-corrected chi connectivity index (χ1v) is 10.3. The highest BCUT2D eigenvalue weighted by Gasteiger charge is 2.43. The zero-order valence-electron chi connectivity index (χ0n) is 16.6. The van der Waals surface area contributed by atoms with Gasteiger partial charge in [0, 0.05) is 19.6 Å². The summed E-state index contributed by atoms with van der Waals surface area (Å²) in [6, 6.07) is 5.13. The molecule has 1 aromatic rings. The Hall–Kier alpha value is -2.67. The average Bonchev–Trinajstić information content (AvgIpc) is 3.06. The van der Waals surface area contributed by atoms with Gasteiger partial charge in [-0.3, -0.25) is 9.69 Å². The lowest BCUT2D eigenvalue weighted by molar-refractivity contribution is -0.126. The van der Waals surface area contributed by atoms with E-state index in [4.69, 9.17) is 0 Å². The fraction of sp³-hybridized carbons (Fsp3) is 0.455. The highest BCUT2D eigenvalue weighted by molar-refractivity contribution is 6.01. The van der Waals surface area contributed by atoms with E-state index in [1.54, 1.807) is 23.1 Å². The van der Waals surface area contributed by atoms with Crippen molar-refractivity contribution in [3.8, 4) is 0 Å². The summed E-state index contributed by atoms with van der Waals surface area (Å²) in [7, 11) is 0. The van der Waals surface area contributed by atoms with Crippen molar-refractivity contribution in [3.05, 3.63) is 59.6 Å². The summed E-state index contributed by atoms with van der Waals surface area (Å²) in [5.41, 5.74) is 2.01. The number of benzene rings is 1. The van der Waals surface area contributed by atoms with E-state index in [2.05, 4.69) is 16.8 Å². The Bertz CT molecular complexity index is 830. The topological polar surface area (TPSA) is 55.9 Å². The zero-order chi connectivity index (χ0) is 20.4. The SMILES string of the molecule is C=CCN1C(=O)NC(c2ccc(F)cc2)C2=C1CN(CCN1CCCCC1)C2=O. The van der Waals surface area contributed by atoms with Crippen LogP contribution < -0.4 is 5.32 Å². The molecule has 0 bridgehead atoms. The van der Waals surface area contributed by atoms with Gasteiger partial charge in [-0.15, -0.1) is 6.58 Å². The van der Waals surface area contributed by atoms with Gasteiger partial charge in [-0.2, -0.15) is 0 Å². The summed E-state index contributed by atoms with van der Waals surface area (Å²) in [6.07, 6.45) is 5.35. The number of nitrogens with one attached hydrogen (secondary N) is 1. The van der Waals surface area contributed by atoms with Gasteiger partial charge in [-0.1, -0.05) is 24.6 Å². The van der Waals surface area contributed by atoms with Crippen LogP contribution in [0.15, 0.2) is 48.2 Å². The van der Waals surface area contributed by atoms with Crippen molar-refractivity contribution in [2.75, 3.05) is 39.3 Å². The molecular formula is C22H27FN4O2. The summed E-state index contributed by atoms with van der Waals surface area (Å²) < 4.78 is 13.4. The van der Waals surface area contributed by atoms with Crippen molar-refractivity contribution in [3.63, 3.8) is 0 Å².